The number of nitrogens with zero attached hydrogens (tertiary/aromatic N) is 1. The predicted octanol–water partition coefficient (Wildman–Crippen LogP) is 5.60. The normalized spacial score (nSPS) is 15.3. The van der Waals surface area contributed by atoms with Gasteiger partial charge in [0.05, 0.1) is 23.7 Å². The van der Waals surface area contributed by atoms with Crippen molar-refractivity contribution in [2.45, 2.75) is 64.5 Å². The van der Waals surface area contributed by atoms with Crippen molar-refractivity contribution in [1.82, 2.24) is 4.90 Å². The van der Waals surface area contributed by atoms with Gasteiger partial charge < -0.3 is 9.64 Å². The second-order valence-electron chi connectivity index (χ2n) is 7.69. The van der Waals surface area contributed by atoms with Gasteiger partial charge in [-0.25, -0.2) is 4.39 Å². The van der Waals surface area contributed by atoms with E-state index in [0.717, 1.165) is 19.3 Å². The van der Waals surface area contributed by atoms with Crippen LogP contribution in [0.2, 0.25) is 0 Å². The molecule has 1 aliphatic rings. The highest BCUT2D eigenvalue weighted by molar-refractivity contribution is 5.96. The van der Waals surface area contributed by atoms with Gasteiger partial charge in [-0.15, -0.1) is 0 Å². The number of piperidine rings is 1. The quantitative estimate of drug-likeness (QED) is 0.290. The molecular formula is C22H29F4NO3. The molecule has 1 aromatic rings. The van der Waals surface area contributed by atoms with Crippen LogP contribution in [0.15, 0.2) is 18.2 Å². The van der Waals surface area contributed by atoms with Crippen molar-refractivity contribution in [1.29, 1.82) is 0 Å². The first-order valence-electron chi connectivity index (χ1n) is 10.6. The van der Waals surface area contributed by atoms with Gasteiger partial charge in [0, 0.05) is 13.1 Å². The highest BCUT2D eigenvalue weighted by Crippen LogP contribution is 2.33. The van der Waals surface area contributed by atoms with Gasteiger partial charge in [0.2, 0.25) is 0 Å². The minimum atomic E-state index is -4.75. The summed E-state index contributed by atoms with van der Waals surface area (Å²) in [5.74, 6) is -2.47. The Morgan fingerprint density at radius 1 is 1.07 bits per heavy atom. The Morgan fingerprint density at radius 2 is 1.70 bits per heavy atom. The van der Waals surface area contributed by atoms with E-state index in [0.29, 0.717) is 37.6 Å². The molecule has 0 unspecified atom stereocenters. The van der Waals surface area contributed by atoms with Crippen LogP contribution in [0.5, 0.6) is 0 Å². The largest absolute Gasteiger partial charge is 0.465 e. The second kappa shape index (κ2) is 11.3. The van der Waals surface area contributed by atoms with Gasteiger partial charge in [0.25, 0.3) is 5.91 Å². The summed E-state index contributed by atoms with van der Waals surface area (Å²) in [6.07, 6.45) is 2.38. The molecule has 0 spiro atoms. The zero-order chi connectivity index (χ0) is 22.1. The zero-order valence-corrected chi connectivity index (χ0v) is 17.3. The second-order valence-corrected chi connectivity index (χ2v) is 7.69. The third-order valence-corrected chi connectivity index (χ3v) is 5.38. The van der Waals surface area contributed by atoms with Crippen LogP contribution in [0.3, 0.4) is 0 Å². The molecule has 1 aromatic carbocycles. The minimum Gasteiger partial charge on any atom is -0.465 e. The van der Waals surface area contributed by atoms with E-state index < -0.39 is 29.0 Å². The summed E-state index contributed by atoms with van der Waals surface area (Å²) < 4.78 is 58.2. The summed E-state index contributed by atoms with van der Waals surface area (Å²) in [5, 5.41) is 0. The van der Waals surface area contributed by atoms with Crippen molar-refractivity contribution < 1.29 is 31.9 Å². The lowest BCUT2D eigenvalue weighted by Crippen LogP contribution is -2.41. The Labute approximate surface area is 174 Å². The molecule has 1 fully saturated rings. The number of carbonyl (C=O) groups is 2. The molecule has 1 amide bonds. The first kappa shape index (κ1) is 24.2. The summed E-state index contributed by atoms with van der Waals surface area (Å²) >= 11 is 0. The summed E-state index contributed by atoms with van der Waals surface area (Å²) in [5.41, 5.74) is -1.86. The van der Waals surface area contributed by atoms with Crippen LogP contribution < -0.4 is 0 Å². The number of likely N-dealkylation sites (tertiary alicyclic amines) is 1. The van der Waals surface area contributed by atoms with Gasteiger partial charge in [-0.2, -0.15) is 13.2 Å². The maximum absolute atomic E-state index is 13.5. The van der Waals surface area contributed by atoms with E-state index in [2.05, 4.69) is 6.92 Å². The number of hydrogen-bond acceptors (Lipinski definition) is 3. The van der Waals surface area contributed by atoms with Crippen molar-refractivity contribution in [3.05, 3.63) is 35.1 Å². The lowest BCUT2D eigenvalue weighted by atomic mass is 9.96. The molecule has 1 saturated heterocycles. The molecule has 168 valence electrons. The van der Waals surface area contributed by atoms with Crippen molar-refractivity contribution in [3.63, 3.8) is 0 Å². The van der Waals surface area contributed by atoms with Gasteiger partial charge in [-0.05, 0) is 37.5 Å². The highest BCUT2D eigenvalue weighted by Gasteiger charge is 2.37. The van der Waals surface area contributed by atoms with E-state index >= 15 is 0 Å². The van der Waals surface area contributed by atoms with Gasteiger partial charge in [-0.3, -0.25) is 9.59 Å². The number of unbranched alkanes of at least 4 members (excludes halogenated alkanes) is 5. The molecule has 0 aliphatic carbocycles. The molecule has 0 saturated carbocycles. The SMILES string of the molecule is CCCCCCCCOC(=O)C1CCN(C(=O)c2cc(F)ccc2C(F)(F)F)CC1. The first-order valence-corrected chi connectivity index (χ1v) is 10.6. The van der Waals surface area contributed by atoms with Gasteiger partial charge >= 0.3 is 12.1 Å². The number of amides is 1. The van der Waals surface area contributed by atoms with E-state index in [4.69, 9.17) is 4.74 Å². The zero-order valence-electron chi connectivity index (χ0n) is 17.3. The molecule has 0 atom stereocenters. The van der Waals surface area contributed by atoms with E-state index in [1.165, 1.54) is 24.2 Å². The average molecular weight is 431 g/mol. The van der Waals surface area contributed by atoms with Crippen LogP contribution in [0.4, 0.5) is 17.6 Å². The Balaban J connectivity index is 1.82. The topological polar surface area (TPSA) is 46.6 Å². The number of carbonyl (C=O) groups excluding carboxylic acids is 2. The highest BCUT2D eigenvalue weighted by atomic mass is 19.4. The number of alkyl halides is 3. The number of hydrogen-bond donors (Lipinski definition) is 0. The smallest absolute Gasteiger partial charge is 0.417 e. The van der Waals surface area contributed by atoms with Crippen LogP contribution in [-0.2, 0) is 15.7 Å². The monoisotopic (exact) mass is 431 g/mol. The molecule has 2 rings (SSSR count). The van der Waals surface area contributed by atoms with Crippen LogP contribution in [-0.4, -0.2) is 36.5 Å². The fourth-order valence-corrected chi connectivity index (χ4v) is 3.60. The third-order valence-electron chi connectivity index (χ3n) is 5.38. The number of benzene rings is 1. The fraction of sp³-hybridized carbons (Fsp3) is 0.636. The molecule has 8 heteroatoms. The summed E-state index contributed by atoms with van der Waals surface area (Å²) in [4.78, 5) is 26.0. The molecule has 0 aromatic heterocycles. The Hall–Kier alpha value is -2.12. The molecule has 1 aliphatic heterocycles. The van der Waals surface area contributed by atoms with Gasteiger partial charge in [-0.1, -0.05) is 39.0 Å². The minimum absolute atomic E-state index is 0.128. The molecule has 0 N–H and O–H groups in total. The van der Waals surface area contributed by atoms with Crippen LogP contribution in [0.1, 0.15) is 74.2 Å². The average Bonchev–Trinajstić information content (AvgIpc) is 2.71. The maximum atomic E-state index is 13.5. The molecule has 1 heterocycles. The summed E-state index contributed by atoms with van der Waals surface area (Å²) in [6, 6.07) is 1.88. The van der Waals surface area contributed by atoms with Crippen molar-refractivity contribution in [2.75, 3.05) is 19.7 Å². The van der Waals surface area contributed by atoms with Crippen LogP contribution >= 0.6 is 0 Å². The first-order chi connectivity index (χ1) is 14.2. The van der Waals surface area contributed by atoms with Crippen LogP contribution in [0, 0.1) is 11.7 Å². The standard InChI is InChI=1S/C22H29F4NO3/c1-2-3-4-5-6-7-14-30-21(29)16-10-12-27(13-11-16)20(28)18-15-17(23)8-9-19(18)22(24,25)26/h8-9,15-16H,2-7,10-14H2,1H3. The van der Waals surface area contributed by atoms with E-state index in [9.17, 15) is 27.2 Å². The summed E-state index contributed by atoms with van der Waals surface area (Å²) in [7, 11) is 0. The Morgan fingerprint density at radius 3 is 2.33 bits per heavy atom. The van der Waals surface area contributed by atoms with Gasteiger partial charge in [0.1, 0.15) is 5.82 Å². The van der Waals surface area contributed by atoms with Crippen molar-refractivity contribution in [2.24, 2.45) is 5.92 Å². The van der Waals surface area contributed by atoms with Crippen LogP contribution in [0.25, 0.3) is 0 Å². The van der Waals surface area contributed by atoms with E-state index in [-0.39, 0.29) is 25.0 Å². The fourth-order valence-electron chi connectivity index (χ4n) is 3.60. The van der Waals surface area contributed by atoms with Crippen molar-refractivity contribution in [3.8, 4) is 0 Å². The molecule has 0 radical (unpaired) electrons. The molecule has 0 bridgehead atoms. The lowest BCUT2D eigenvalue weighted by molar-refractivity contribution is -0.150. The number of rotatable bonds is 9. The Kier molecular flexibility index (Phi) is 9.11. The summed E-state index contributed by atoms with van der Waals surface area (Å²) in [6.45, 7) is 2.77. The Bertz CT molecular complexity index is 713. The number of halogens is 4. The third kappa shape index (κ3) is 6.99. The van der Waals surface area contributed by atoms with E-state index in [1.807, 2.05) is 0 Å². The molecule has 4 nitrogen and oxygen atoms in total. The molecular weight excluding hydrogens is 402 g/mol. The molecule has 30 heavy (non-hydrogen) atoms. The van der Waals surface area contributed by atoms with E-state index in [1.54, 1.807) is 0 Å². The van der Waals surface area contributed by atoms with Gasteiger partial charge in [0.15, 0.2) is 0 Å². The van der Waals surface area contributed by atoms with Crippen molar-refractivity contribution >= 4 is 11.9 Å². The number of ether oxygens (including phenoxy) is 1. The predicted molar refractivity (Wildman–Crippen MR) is 104 cm³/mol. The maximum Gasteiger partial charge on any atom is 0.417 e. The lowest BCUT2D eigenvalue weighted by Gasteiger charge is -2.31. The number of esters is 1.